The highest BCUT2D eigenvalue weighted by atomic mass is 35.5. The van der Waals surface area contributed by atoms with E-state index >= 15 is 0 Å². The summed E-state index contributed by atoms with van der Waals surface area (Å²) in [7, 11) is -5.57. The van der Waals surface area contributed by atoms with Crippen molar-refractivity contribution in [2.45, 2.75) is 25.8 Å². The highest BCUT2D eigenvalue weighted by Gasteiger charge is 2.46. The first-order valence-electron chi connectivity index (χ1n) is 7.28. The van der Waals surface area contributed by atoms with Crippen LogP contribution in [0.4, 0.5) is 18.9 Å². The largest absolute Gasteiger partial charge is 0.516 e. The summed E-state index contributed by atoms with van der Waals surface area (Å²) in [5, 5.41) is 4.05. The minimum atomic E-state index is -5.57. The van der Waals surface area contributed by atoms with Crippen molar-refractivity contribution >= 4 is 33.0 Å². The van der Waals surface area contributed by atoms with Crippen LogP contribution in [0, 0.1) is 0 Å². The second-order valence-corrected chi connectivity index (χ2v) is 6.77. The van der Waals surface area contributed by atoms with Gasteiger partial charge in [-0.15, -0.1) is 0 Å². The van der Waals surface area contributed by atoms with Crippen molar-refractivity contribution in [3.05, 3.63) is 28.8 Å². The van der Waals surface area contributed by atoms with Gasteiger partial charge in [0.1, 0.15) is 6.61 Å². The maximum Gasteiger partial charge on any atom is 0.516 e. The monoisotopic (exact) mass is 402 g/mol. The molecule has 0 aliphatic rings. The van der Waals surface area contributed by atoms with E-state index in [0.29, 0.717) is 13.2 Å². The van der Waals surface area contributed by atoms with Gasteiger partial charge < -0.3 is 9.57 Å². The Kier molecular flexibility index (Phi) is 7.97. The highest BCUT2D eigenvalue weighted by molar-refractivity contribution is 7.93. The first-order valence-corrected chi connectivity index (χ1v) is 9.14. The fourth-order valence-corrected chi connectivity index (χ4v) is 2.47. The molecule has 1 aromatic carbocycles. The fraction of sp³-hybridized carbons (Fsp3) is 0.500. The van der Waals surface area contributed by atoms with Gasteiger partial charge in [0, 0.05) is 17.2 Å². The lowest BCUT2D eigenvalue weighted by atomic mass is 10.1. The van der Waals surface area contributed by atoms with Crippen LogP contribution in [-0.4, -0.2) is 39.5 Å². The van der Waals surface area contributed by atoms with E-state index < -0.39 is 15.5 Å². The molecule has 0 saturated heterocycles. The third-order valence-corrected chi connectivity index (χ3v) is 4.21. The molecule has 0 saturated carbocycles. The Hall–Kier alpha value is -1.52. The summed E-state index contributed by atoms with van der Waals surface area (Å²) in [6.45, 7) is 4.44. The molecular weight excluding hydrogens is 385 g/mol. The Bertz CT molecular complexity index is 709. The molecule has 0 bridgehead atoms. The van der Waals surface area contributed by atoms with Crippen molar-refractivity contribution in [1.82, 2.24) is 0 Å². The predicted molar refractivity (Wildman–Crippen MR) is 89.3 cm³/mol. The van der Waals surface area contributed by atoms with Gasteiger partial charge in [-0.3, -0.25) is 4.72 Å². The van der Waals surface area contributed by atoms with E-state index in [1.807, 2.05) is 6.92 Å². The maximum atomic E-state index is 12.6. The van der Waals surface area contributed by atoms with Crippen LogP contribution in [0.3, 0.4) is 0 Å². The number of nitrogens with zero attached hydrogens (tertiary/aromatic N) is 1. The molecule has 142 valence electrons. The molecule has 0 aromatic heterocycles. The van der Waals surface area contributed by atoms with Crippen molar-refractivity contribution in [1.29, 1.82) is 0 Å². The van der Waals surface area contributed by atoms with Gasteiger partial charge in [0.15, 0.2) is 0 Å². The Morgan fingerprint density at radius 2 is 1.96 bits per heavy atom. The third kappa shape index (κ3) is 6.37. The zero-order valence-electron chi connectivity index (χ0n) is 13.6. The normalized spacial score (nSPS) is 13.0. The first kappa shape index (κ1) is 21.5. The molecule has 1 aromatic rings. The van der Waals surface area contributed by atoms with Crippen molar-refractivity contribution in [3.8, 4) is 0 Å². The zero-order valence-corrected chi connectivity index (χ0v) is 15.1. The number of ether oxygens (including phenoxy) is 1. The van der Waals surface area contributed by atoms with E-state index in [9.17, 15) is 21.6 Å². The Balaban J connectivity index is 3.12. The van der Waals surface area contributed by atoms with Crippen LogP contribution >= 0.6 is 11.6 Å². The summed E-state index contributed by atoms with van der Waals surface area (Å²) in [5.41, 5.74) is -5.41. The summed E-state index contributed by atoms with van der Waals surface area (Å²) < 4.78 is 67.0. The molecule has 0 atom stereocenters. The average Bonchev–Trinajstić information content (AvgIpc) is 2.51. The van der Waals surface area contributed by atoms with Crippen LogP contribution in [0.1, 0.15) is 25.8 Å². The van der Waals surface area contributed by atoms with Crippen molar-refractivity contribution in [3.63, 3.8) is 0 Å². The molecule has 0 aliphatic carbocycles. The molecule has 0 unspecified atom stereocenters. The van der Waals surface area contributed by atoms with Crippen LogP contribution in [0.2, 0.25) is 5.02 Å². The van der Waals surface area contributed by atoms with E-state index in [1.54, 1.807) is 6.92 Å². The van der Waals surface area contributed by atoms with Gasteiger partial charge in [0.25, 0.3) is 0 Å². The molecule has 1 N–H and O–H groups in total. The number of sulfonamides is 1. The summed E-state index contributed by atoms with van der Waals surface area (Å²) in [6, 6.07) is 3.71. The lowest BCUT2D eigenvalue weighted by Gasteiger charge is -2.15. The Labute approximate surface area is 149 Å². The number of hydrogen-bond donors (Lipinski definition) is 1. The number of oxime groups is 1. The average molecular weight is 403 g/mol. The van der Waals surface area contributed by atoms with E-state index in [4.69, 9.17) is 21.2 Å². The maximum absolute atomic E-state index is 12.6. The van der Waals surface area contributed by atoms with Crippen molar-refractivity contribution in [2.24, 2.45) is 5.16 Å². The highest BCUT2D eigenvalue weighted by Crippen LogP contribution is 2.29. The van der Waals surface area contributed by atoms with Gasteiger partial charge in [0.2, 0.25) is 0 Å². The van der Waals surface area contributed by atoms with Crippen LogP contribution in [0.15, 0.2) is 23.4 Å². The second-order valence-electron chi connectivity index (χ2n) is 4.66. The minimum absolute atomic E-state index is 0.0965. The lowest BCUT2D eigenvalue weighted by Crippen LogP contribution is -2.30. The molecule has 0 fully saturated rings. The van der Waals surface area contributed by atoms with Gasteiger partial charge in [-0.2, -0.15) is 21.6 Å². The second kappa shape index (κ2) is 9.25. The molecule has 6 nitrogen and oxygen atoms in total. The number of benzene rings is 1. The van der Waals surface area contributed by atoms with E-state index in [0.717, 1.165) is 6.07 Å². The van der Waals surface area contributed by atoms with Crippen LogP contribution < -0.4 is 4.72 Å². The predicted octanol–water partition coefficient (Wildman–Crippen LogP) is 3.77. The smallest absolute Gasteiger partial charge is 0.393 e. The van der Waals surface area contributed by atoms with Gasteiger partial charge in [-0.25, -0.2) is 0 Å². The summed E-state index contributed by atoms with van der Waals surface area (Å²) in [5.74, 6) is 0. The lowest BCUT2D eigenvalue weighted by molar-refractivity contribution is -0.0429. The summed E-state index contributed by atoms with van der Waals surface area (Å²) in [6.07, 6.45) is 0.274. The molecule has 0 radical (unpaired) electrons. The summed E-state index contributed by atoms with van der Waals surface area (Å²) >= 11 is 5.87. The van der Waals surface area contributed by atoms with Gasteiger partial charge >= 0.3 is 15.5 Å². The van der Waals surface area contributed by atoms with Crippen LogP contribution in [0.25, 0.3) is 0 Å². The standard InChI is InChI=1S/C14H18ClF3N2O4S/c1-3-12(19-24-8-7-23-4-2)11-9-10(15)5-6-13(11)20-25(21,22)14(16,17)18/h5-6,9,20H,3-4,7-8H2,1-2H3/b19-12+. The first-order chi connectivity index (χ1) is 11.6. The van der Waals surface area contributed by atoms with E-state index in [-0.39, 0.29) is 35.0 Å². The van der Waals surface area contributed by atoms with Gasteiger partial charge in [-0.05, 0) is 31.5 Å². The van der Waals surface area contributed by atoms with E-state index in [2.05, 4.69) is 5.16 Å². The van der Waals surface area contributed by atoms with Crippen molar-refractivity contribution < 1.29 is 31.2 Å². The fourth-order valence-electron chi connectivity index (χ4n) is 1.72. The Morgan fingerprint density at radius 1 is 1.28 bits per heavy atom. The van der Waals surface area contributed by atoms with Gasteiger partial charge in [0.05, 0.1) is 18.0 Å². The Morgan fingerprint density at radius 3 is 2.52 bits per heavy atom. The van der Waals surface area contributed by atoms with Gasteiger partial charge in [-0.1, -0.05) is 23.7 Å². The molecule has 0 heterocycles. The number of alkyl halides is 3. The molecule has 25 heavy (non-hydrogen) atoms. The quantitative estimate of drug-likeness (QED) is 0.387. The molecule has 1 rings (SSSR count). The number of rotatable bonds is 9. The molecule has 0 spiro atoms. The third-order valence-electron chi connectivity index (χ3n) is 2.87. The SMILES string of the molecule is CCOCCO/N=C(\CC)c1cc(Cl)ccc1NS(=O)(=O)C(F)(F)F. The molecule has 0 aliphatic heterocycles. The number of nitrogens with one attached hydrogen (secondary N) is 1. The molecule has 11 heteroatoms. The topological polar surface area (TPSA) is 77.0 Å². The number of anilines is 1. The molecule has 0 amide bonds. The van der Waals surface area contributed by atoms with Crippen LogP contribution in [0.5, 0.6) is 0 Å². The summed E-state index contributed by atoms with van der Waals surface area (Å²) in [4.78, 5) is 5.06. The zero-order chi connectivity index (χ0) is 19.1. The molecular formula is C14H18ClF3N2O4S. The van der Waals surface area contributed by atoms with Crippen molar-refractivity contribution in [2.75, 3.05) is 24.5 Å². The minimum Gasteiger partial charge on any atom is -0.393 e. The van der Waals surface area contributed by atoms with E-state index in [1.165, 1.54) is 16.9 Å². The number of halogens is 4. The number of hydrogen-bond acceptors (Lipinski definition) is 5. The van der Waals surface area contributed by atoms with Crippen LogP contribution in [-0.2, 0) is 19.6 Å².